The van der Waals surface area contributed by atoms with E-state index >= 15 is 0 Å². The van der Waals surface area contributed by atoms with Gasteiger partial charge in [-0.3, -0.25) is 4.79 Å². The van der Waals surface area contributed by atoms with Gasteiger partial charge < -0.3 is 20.3 Å². The first-order valence-corrected chi connectivity index (χ1v) is 10.0. The van der Waals surface area contributed by atoms with Crippen LogP contribution >= 0.6 is 0 Å². The molecule has 10 heteroatoms. The topological polar surface area (TPSA) is 111 Å². The van der Waals surface area contributed by atoms with Crippen LogP contribution in [0.3, 0.4) is 0 Å². The van der Waals surface area contributed by atoms with Crippen molar-refractivity contribution in [1.82, 2.24) is 24.8 Å². The molecule has 1 amide bonds. The number of aliphatic hydroxyl groups excluding tert-OH is 1. The van der Waals surface area contributed by atoms with Crippen LogP contribution in [0.25, 0.3) is 27.1 Å². The molecule has 0 spiro atoms. The van der Waals surface area contributed by atoms with Crippen molar-refractivity contribution in [3.63, 3.8) is 0 Å². The normalized spacial score (nSPS) is 15.6. The molecule has 0 radical (unpaired) electrons. The molecule has 4 heterocycles. The summed E-state index contributed by atoms with van der Waals surface area (Å²) < 4.78 is 13.7. The molecule has 1 aliphatic heterocycles. The number of aromatic nitrogens is 4. The van der Waals surface area contributed by atoms with Crippen LogP contribution in [0.5, 0.6) is 0 Å². The number of anilines is 1. The molecule has 31 heavy (non-hydrogen) atoms. The van der Waals surface area contributed by atoms with Crippen molar-refractivity contribution in [3.05, 3.63) is 41.9 Å². The average Bonchev–Trinajstić information content (AvgIpc) is 3.21. The number of halogens is 1. The zero-order valence-corrected chi connectivity index (χ0v) is 17.0. The number of nitrogens with zero attached hydrogens (tertiary/aromatic N) is 5. The van der Waals surface area contributed by atoms with Crippen LogP contribution in [0.2, 0.25) is 0 Å². The lowest BCUT2D eigenvalue weighted by Crippen LogP contribution is -2.43. The minimum Gasteiger partial charge on any atom is -0.387 e. The van der Waals surface area contributed by atoms with Crippen molar-refractivity contribution in [2.45, 2.75) is 25.8 Å². The molecule has 0 saturated carbocycles. The van der Waals surface area contributed by atoms with Crippen molar-refractivity contribution in [2.75, 3.05) is 25.0 Å². The maximum atomic E-state index is 13.7. The minimum atomic E-state index is -0.468. The predicted octanol–water partition coefficient (Wildman–Crippen LogP) is 2.74. The maximum absolute atomic E-state index is 13.7. The average molecular weight is 423 g/mol. The number of aliphatic hydroxyl groups is 1. The highest BCUT2D eigenvalue weighted by atomic mass is 19.1. The van der Waals surface area contributed by atoms with Crippen LogP contribution < -0.4 is 5.32 Å². The zero-order chi connectivity index (χ0) is 22.0. The molecule has 1 aliphatic rings. The van der Waals surface area contributed by atoms with Crippen molar-refractivity contribution in [3.8, 4) is 11.3 Å². The van der Waals surface area contributed by atoms with E-state index in [0.717, 1.165) is 19.0 Å². The van der Waals surface area contributed by atoms with E-state index in [0.29, 0.717) is 47.2 Å². The quantitative estimate of drug-likeness (QED) is 0.544. The Morgan fingerprint density at radius 1 is 1.42 bits per heavy atom. The third-order valence-electron chi connectivity index (χ3n) is 5.73. The molecule has 1 fully saturated rings. The van der Waals surface area contributed by atoms with E-state index in [2.05, 4.69) is 30.1 Å². The van der Waals surface area contributed by atoms with E-state index in [1.165, 1.54) is 12.3 Å². The maximum Gasteiger partial charge on any atom is 0.248 e. The van der Waals surface area contributed by atoms with Crippen LogP contribution in [0.15, 0.2) is 24.7 Å². The van der Waals surface area contributed by atoms with Gasteiger partial charge in [-0.05, 0) is 31.7 Å². The van der Waals surface area contributed by atoms with Gasteiger partial charge in [0.05, 0.1) is 18.5 Å². The molecule has 1 atom stereocenters. The molecule has 160 valence electrons. The SMILES string of the molecule is [C-]#[N+]c1cnc(NC(C)C2CCN(C(=O)CO)CC2)nc1-c1c[nH]c2ncc(F)cc12. The second kappa shape index (κ2) is 8.65. The van der Waals surface area contributed by atoms with Gasteiger partial charge in [0.25, 0.3) is 0 Å². The van der Waals surface area contributed by atoms with Crippen molar-refractivity contribution >= 4 is 28.6 Å². The Bertz CT molecular complexity index is 1150. The number of pyridine rings is 1. The molecular formula is C21H22FN7O2. The van der Waals surface area contributed by atoms with E-state index < -0.39 is 12.4 Å². The van der Waals surface area contributed by atoms with Gasteiger partial charge in [0.1, 0.15) is 18.1 Å². The van der Waals surface area contributed by atoms with Crippen molar-refractivity contribution in [1.29, 1.82) is 0 Å². The van der Waals surface area contributed by atoms with Gasteiger partial charge in [-0.25, -0.2) is 24.2 Å². The number of carbonyl (C=O) groups excluding carboxylic acids is 1. The number of piperidine rings is 1. The molecule has 9 nitrogen and oxygen atoms in total. The van der Waals surface area contributed by atoms with Crippen molar-refractivity contribution in [2.24, 2.45) is 5.92 Å². The summed E-state index contributed by atoms with van der Waals surface area (Å²) in [6.07, 6.45) is 5.86. The first kappa shape index (κ1) is 20.7. The number of carbonyl (C=O) groups is 1. The third kappa shape index (κ3) is 4.18. The van der Waals surface area contributed by atoms with Gasteiger partial charge in [0.15, 0.2) is 0 Å². The number of aromatic amines is 1. The van der Waals surface area contributed by atoms with Gasteiger partial charge >= 0.3 is 0 Å². The van der Waals surface area contributed by atoms with E-state index in [1.807, 2.05) is 6.92 Å². The fraction of sp³-hybridized carbons (Fsp3) is 0.381. The zero-order valence-electron chi connectivity index (χ0n) is 17.0. The number of nitrogens with one attached hydrogen (secondary N) is 2. The number of H-pyrrole nitrogens is 1. The van der Waals surface area contributed by atoms with Gasteiger partial charge in [-0.15, -0.1) is 0 Å². The number of hydrogen-bond acceptors (Lipinski definition) is 6. The molecule has 3 N–H and O–H groups in total. The van der Waals surface area contributed by atoms with E-state index in [-0.39, 0.29) is 17.6 Å². The summed E-state index contributed by atoms with van der Waals surface area (Å²) in [7, 11) is 0. The summed E-state index contributed by atoms with van der Waals surface area (Å²) in [4.78, 5) is 32.7. The molecule has 0 aliphatic carbocycles. The van der Waals surface area contributed by atoms with Gasteiger partial charge in [-0.1, -0.05) is 0 Å². The fourth-order valence-electron chi connectivity index (χ4n) is 3.97. The molecule has 3 aromatic rings. The van der Waals surface area contributed by atoms with Crippen LogP contribution in [-0.2, 0) is 4.79 Å². The van der Waals surface area contributed by atoms with Gasteiger partial charge in [-0.2, -0.15) is 0 Å². The van der Waals surface area contributed by atoms with Gasteiger partial charge in [0, 0.05) is 42.5 Å². The molecule has 1 unspecified atom stereocenters. The van der Waals surface area contributed by atoms with Crippen LogP contribution in [-0.4, -0.2) is 61.6 Å². The van der Waals surface area contributed by atoms with Crippen LogP contribution in [0.4, 0.5) is 16.0 Å². The lowest BCUT2D eigenvalue weighted by molar-refractivity contribution is -0.135. The number of fused-ring (bicyclic) bond motifs is 1. The predicted molar refractivity (Wildman–Crippen MR) is 113 cm³/mol. The Balaban J connectivity index is 1.55. The summed E-state index contributed by atoms with van der Waals surface area (Å²) in [5.41, 5.74) is 1.76. The van der Waals surface area contributed by atoms with Gasteiger partial charge in [0.2, 0.25) is 17.5 Å². The molecule has 4 rings (SSSR count). The van der Waals surface area contributed by atoms with Crippen LogP contribution in [0.1, 0.15) is 19.8 Å². The molecule has 0 bridgehead atoms. The largest absolute Gasteiger partial charge is 0.387 e. The summed E-state index contributed by atoms with van der Waals surface area (Å²) in [5.74, 6) is -0.0274. The minimum absolute atomic E-state index is 0.0418. The smallest absolute Gasteiger partial charge is 0.248 e. The molecule has 1 saturated heterocycles. The van der Waals surface area contributed by atoms with Crippen LogP contribution in [0, 0.1) is 18.3 Å². The molecular weight excluding hydrogens is 401 g/mol. The second-order valence-corrected chi connectivity index (χ2v) is 7.60. The highest BCUT2D eigenvalue weighted by Crippen LogP contribution is 2.34. The third-order valence-corrected chi connectivity index (χ3v) is 5.73. The Hall–Kier alpha value is -3.58. The first-order chi connectivity index (χ1) is 15.0. The fourth-order valence-corrected chi connectivity index (χ4v) is 3.97. The van der Waals surface area contributed by atoms with E-state index in [1.54, 1.807) is 11.1 Å². The lowest BCUT2D eigenvalue weighted by Gasteiger charge is -2.34. The number of likely N-dealkylation sites (tertiary alicyclic amines) is 1. The number of hydrogen-bond donors (Lipinski definition) is 3. The summed E-state index contributed by atoms with van der Waals surface area (Å²) in [6.45, 7) is 10.2. The highest BCUT2D eigenvalue weighted by molar-refractivity contribution is 5.96. The first-order valence-electron chi connectivity index (χ1n) is 10.0. The van der Waals surface area contributed by atoms with E-state index in [9.17, 15) is 9.18 Å². The standard InChI is InChI=1S/C21H22FN7O2/c1-12(13-3-5-29(6-4-13)18(31)11-30)27-21-26-10-17(23-2)19(28-21)16-9-25-20-15(16)7-14(22)8-24-20/h7-10,12-13,30H,3-6,11H2,1H3,(H,24,25)(H,26,27,28). The van der Waals surface area contributed by atoms with E-state index in [4.69, 9.17) is 11.7 Å². The molecule has 3 aromatic heterocycles. The summed E-state index contributed by atoms with van der Waals surface area (Å²) in [5, 5.41) is 12.9. The number of amides is 1. The lowest BCUT2D eigenvalue weighted by atomic mass is 9.90. The van der Waals surface area contributed by atoms with Crippen molar-refractivity contribution < 1.29 is 14.3 Å². The highest BCUT2D eigenvalue weighted by Gasteiger charge is 2.26. The summed E-state index contributed by atoms with van der Waals surface area (Å²) >= 11 is 0. The summed E-state index contributed by atoms with van der Waals surface area (Å²) in [6, 6.07) is 1.40. The second-order valence-electron chi connectivity index (χ2n) is 7.60. The number of rotatable bonds is 5. The Morgan fingerprint density at radius 2 is 2.19 bits per heavy atom. The Kier molecular flexibility index (Phi) is 5.77. The Labute approximate surface area is 178 Å². The monoisotopic (exact) mass is 423 g/mol. The Morgan fingerprint density at radius 3 is 2.90 bits per heavy atom. The molecule has 0 aromatic carbocycles.